The molecule has 2 aromatic carbocycles. The minimum atomic E-state index is -0.505. The van der Waals surface area contributed by atoms with Crippen LogP contribution in [0.5, 0.6) is 0 Å². The molecule has 1 aliphatic carbocycles. The molecule has 0 aliphatic heterocycles. The number of carbonyl (C=O) groups is 1. The lowest BCUT2D eigenvalue weighted by molar-refractivity contribution is -0.124. The molecule has 1 saturated carbocycles. The van der Waals surface area contributed by atoms with Crippen LogP contribution in [0, 0.1) is 5.82 Å². The van der Waals surface area contributed by atoms with Gasteiger partial charge in [-0.1, -0.05) is 41.4 Å². The number of halogens is 3. The van der Waals surface area contributed by atoms with Crippen LogP contribution < -0.4 is 5.32 Å². The lowest BCUT2D eigenvalue weighted by Gasteiger charge is -2.18. The van der Waals surface area contributed by atoms with Crippen LogP contribution in [-0.2, 0) is 11.2 Å². The summed E-state index contributed by atoms with van der Waals surface area (Å²) in [6.07, 6.45) is 2.27. The van der Waals surface area contributed by atoms with Crippen molar-refractivity contribution in [3.05, 3.63) is 63.6 Å². The summed E-state index contributed by atoms with van der Waals surface area (Å²) in [5, 5.41) is 3.79. The summed E-state index contributed by atoms with van der Waals surface area (Å²) in [7, 11) is 0. The Bertz CT molecular complexity index is 1030. The van der Waals surface area contributed by atoms with Crippen LogP contribution in [0.4, 0.5) is 4.39 Å². The van der Waals surface area contributed by atoms with Gasteiger partial charge in [0.2, 0.25) is 5.91 Å². The normalized spacial score (nSPS) is 15.1. The molecule has 1 atom stereocenters. The number of hydrogen-bond donors (Lipinski definition) is 1. The van der Waals surface area contributed by atoms with Crippen molar-refractivity contribution in [3.63, 3.8) is 0 Å². The Labute approximate surface area is 166 Å². The van der Waals surface area contributed by atoms with E-state index in [1.54, 1.807) is 30.3 Å². The zero-order valence-corrected chi connectivity index (χ0v) is 16.2. The second-order valence-corrected chi connectivity index (χ2v) is 7.69. The van der Waals surface area contributed by atoms with Gasteiger partial charge in [0.25, 0.3) is 0 Å². The average molecular weight is 406 g/mol. The van der Waals surface area contributed by atoms with E-state index in [0.29, 0.717) is 32.5 Å². The number of hydrogen-bond acceptors (Lipinski definition) is 2. The van der Waals surface area contributed by atoms with Crippen molar-refractivity contribution in [1.29, 1.82) is 0 Å². The quantitative estimate of drug-likeness (QED) is 0.655. The number of nitrogens with zero attached hydrogens (tertiary/aromatic N) is 2. The fourth-order valence-electron chi connectivity index (χ4n) is 3.18. The van der Waals surface area contributed by atoms with E-state index in [9.17, 15) is 9.18 Å². The molecule has 1 amide bonds. The largest absolute Gasteiger partial charge is 0.352 e. The standard InChI is InChI=1S/C20H18Cl2FN3O/c1-11(20(27)24-13-6-7-13)26-18-10-15(22)14(21)9-17(18)25-19(26)8-12-4-2-3-5-16(12)23/h2-5,9-11,13H,6-8H2,1H3,(H,24,27)/t11-/m0/s1. The van der Waals surface area contributed by atoms with Crippen LogP contribution >= 0.6 is 23.2 Å². The van der Waals surface area contributed by atoms with Crippen LogP contribution in [0.25, 0.3) is 11.0 Å². The van der Waals surface area contributed by atoms with E-state index >= 15 is 0 Å². The first-order valence-electron chi connectivity index (χ1n) is 8.83. The summed E-state index contributed by atoms with van der Waals surface area (Å²) < 4.78 is 16.0. The zero-order chi connectivity index (χ0) is 19.1. The van der Waals surface area contributed by atoms with Gasteiger partial charge in [0.15, 0.2) is 0 Å². The number of imidazole rings is 1. The fourth-order valence-corrected chi connectivity index (χ4v) is 3.49. The van der Waals surface area contributed by atoms with Crippen LogP contribution in [-0.4, -0.2) is 21.5 Å². The topological polar surface area (TPSA) is 46.9 Å². The first-order chi connectivity index (χ1) is 12.9. The highest BCUT2D eigenvalue weighted by atomic mass is 35.5. The number of carbonyl (C=O) groups excluding carboxylic acids is 1. The SMILES string of the molecule is C[C@@H](C(=O)NC1CC1)n1c(Cc2ccccc2F)nc2cc(Cl)c(Cl)cc21. The van der Waals surface area contributed by atoms with Crippen molar-refractivity contribution in [3.8, 4) is 0 Å². The maximum atomic E-state index is 14.2. The van der Waals surface area contributed by atoms with Crippen molar-refractivity contribution >= 4 is 40.1 Å². The van der Waals surface area contributed by atoms with E-state index in [-0.39, 0.29) is 24.2 Å². The smallest absolute Gasteiger partial charge is 0.243 e. The molecular weight excluding hydrogens is 388 g/mol. The van der Waals surface area contributed by atoms with Gasteiger partial charge in [-0.15, -0.1) is 0 Å². The van der Waals surface area contributed by atoms with Crippen LogP contribution in [0.2, 0.25) is 10.0 Å². The van der Waals surface area contributed by atoms with Gasteiger partial charge in [-0.25, -0.2) is 9.37 Å². The summed E-state index contributed by atoms with van der Waals surface area (Å²) in [4.78, 5) is 17.3. The van der Waals surface area contributed by atoms with E-state index in [0.717, 1.165) is 12.8 Å². The highest BCUT2D eigenvalue weighted by Crippen LogP contribution is 2.31. The number of rotatable bonds is 5. The van der Waals surface area contributed by atoms with Crippen LogP contribution in [0.3, 0.4) is 0 Å². The van der Waals surface area contributed by atoms with Gasteiger partial charge in [0.1, 0.15) is 17.7 Å². The molecule has 140 valence electrons. The lowest BCUT2D eigenvalue weighted by Crippen LogP contribution is -2.33. The molecule has 1 heterocycles. The third-order valence-electron chi connectivity index (χ3n) is 4.80. The molecule has 0 radical (unpaired) electrons. The highest BCUT2D eigenvalue weighted by Gasteiger charge is 2.28. The third-order valence-corrected chi connectivity index (χ3v) is 5.52. The van der Waals surface area contributed by atoms with Crippen molar-refractivity contribution in [2.75, 3.05) is 0 Å². The molecule has 3 aromatic rings. The number of fused-ring (bicyclic) bond motifs is 1. The van der Waals surface area contributed by atoms with Crippen molar-refractivity contribution in [1.82, 2.24) is 14.9 Å². The Hall–Kier alpha value is -2.11. The molecule has 0 spiro atoms. The summed E-state index contributed by atoms with van der Waals surface area (Å²) in [6.45, 7) is 1.81. The Kier molecular flexibility index (Phi) is 4.82. The third kappa shape index (κ3) is 3.66. The molecule has 4 nitrogen and oxygen atoms in total. The lowest BCUT2D eigenvalue weighted by atomic mass is 10.1. The predicted octanol–water partition coefficient (Wildman–Crippen LogP) is 4.91. The maximum Gasteiger partial charge on any atom is 0.243 e. The monoisotopic (exact) mass is 405 g/mol. The molecule has 1 fully saturated rings. The number of benzene rings is 2. The molecule has 0 saturated heterocycles. The molecule has 0 unspecified atom stereocenters. The van der Waals surface area contributed by atoms with Gasteiger partial charge in [-0.05, 0) is 43.5 Å². The summed E-state index contributed by atoms with van der Waals surface area (Å²) >= 11 is 12.3. The van der Waals surface area contributed by atoms with Crippen LogP contribution in [0.15, 0.2) is 36.4 Å². The first-order valence-corrected chi connectivity index (χ1v) is 9.59. The molecular formula is C20H18Cl2FN3O. The van der Waals surface area contributed by atoms with Gasteiger partial charge >= 0.3 is 0 Å². The second-order valence-electron chi connectivity index (χ2n) is 6.88. The zero-order valence-electron chi connectivity index (χ0n) is 14.7. The molecule has 0 bridgehead atoms. The summed E-state index contributed by atoms with van der Waals surface area (Å²) in [5.74, 6) is 0.201. The Balaban J connectivity index is 1.81. The number of aromatic nitrogens is 2. The Morgan fingerprint density at radius 1 is 1.30 bits per heavy atom. The van der Waals surface area contributed by atoms with Crippen LogP contribution in [0.1, 0.15) is 37.2 Å². The molecule has 1 N–H and O–H groups in total. The summed E-state index contributed by atoms with van der Waals surface area (Å²) in [6, 6.07) is 9.68. The van der Waals surface area contributed by atoms with E-state index in [1.165, 1.54) is 6.07 Å². The predicted molar refractivity (Wildman–Crippen MR) is 105 cm³/mol. The van der Waals surface area contributed by atoms with Gasteiger partial charge in [0, 0.05) is 12.5 Å². The summed E-state index contributed by atoms with van der Waals surface area (Å²) in [5.41, 5.74) is 1.84. The van der Waals surface area contributed by atoms with Gasteiger partial charge in [0.05, 0.1) is 21.1 Å². The van der Waals surface area contributed by atoms with E-state index in [1.807, 2.05) is 11.5 Å². The molecule has 1 aromatic heterocycles. The van der Waals surface area contributed by atoms with E-state index < -0.39 is 6.04 Å². The van der Waals surface area contributed by atoms with E-state index in [4.69, 9.17) is 23.2 Å². The Morgan fingerprint density at radius 2 is 2.00 bits per heavy atom. The van der Waals surface area contributed by atoms with Crippen molar-refractivity contribution in [2.45, 2.75) is 38.3 Å². The highest BCUT2D eigenvalue weighted by molar-refractivity contribution is 6.42. The minimum Gasteiger partial charge on any atom is -0.352 e. The van der Waals surface area contributed by atoms with E-state index in [2.05, 4.69) is 10.3 Å². The van der Waals surface area contributed by atoms with Crippen molar-refractivity contribution in [2.24, 2.45) is 0 Å². The van der Waals surface area contributed by atoms with Gasteiger partial charge in [-0.3, -0.25) is 4.79 Å². The minimum absolute atomic E-state index is 0.0855. The van der Waals surface area contributed by atoms with Crippen molar-refractivity contribution < 1.29 is 9.18 Å². The number of amides is 1. The number of nitrogens with one attached hydrogen (secondary N) is 1. The molecule has 27 heavy (non-hydrogen) atoms. The fraction of sp³-hybridized carbons (Fsp3) is 0.300. The Morgan fingerprint density at radius 3 is 2.70 bits per heavy atom. The second kappa shape index (κ2) is 7.13. The molecule has 7 heteroatoms. The molecule has 1 aliphatic rings. The first kappa shape index (κ1) is 18.3. The van der Waals surface area contributed by atoms with Gasteiger partial charge in [-0.2, -0.15) is 0 Å². The van der Waals surface area contributed by atoms with Gasteiger partial charge < -0.3 is 9.88 Å². The average Bonchev–Trinajstić information content (AvgIpc) is 3.38. The molecule has 4 rings (SSSR count). The maximum absolute atomic E-state index is 14.2.